The minimum absolute atomic E-state index is 0.0232. The first-order valence-electron chi connectivity index (χ1n) is 15.8. The number of ketones is 1. The molecule has 0 bridgehead atoms. The summed E-state index contributed by atoms with van der Waals surface area (Å²) in [6.45, 7) is 15.7. The maximum absolute atomic E-state index is 14.0. The van der Waals surface area contributed by atoms with Crippen molar-refractivity contribution in [3.05, 3.63) is 0 Å². The van der Waals surface area contributed by atoms with Crippen LogP contribution in [0.4, 0.5) is 0 Å². The highest BCUT2D eigenvalue weighted by Crippen LogP contribution is 2.77. The van der Waals surface area contributed by atoms with Crippen LogP contribution in [0.5, 0.6) is 0 Å². The lowest BCUT2D eigenvalue weighted by Crippen LogP contribution is -2.67. The summed E-state index contributed by atoms with van der Waals surface area (Å²) in [5.74, 6) is 2.34. The molecule has 0 aliphatic heterocycles. The second-order valence-electron chi connectivity index (χ2n) is 16.0. The molecule has 1 amide bonds. The number of carbonyl (C=O) groups excluding carboxylic acids is 2. The molecule has 5 heteroatoms. The zero-order valence-electron chi connectivity index (χ0n) is 25.7. The van der Waals surface area contributed by atoms with Crippen LogP contribution in [0, 0.1) is 56.7 Å². The Morgan fingerprint density at radius 2 is 1.55 bits per heavy atom. The molecular weight excluding hydrogens is 472 g/mol. The summed E-state index contributed by atoms with van der Waals surface area (Å²) >= 11 is 0. The Kier molecular flexibility index (Phi) is 6.99. The topological polar surface area (TPSA) is 69.6 Å². The molecule has 10 atom stereocenters. The molecule has 0 aromatic carbocycles. The van der Waals surface area contributed by atoms with Gasteiger partial charge in [0.25, 0.3) is 0 Å². The van der Waals surface area contributed by atoms with E-state index in [-0.39, 0.29) is 50.9 Å². The molecule has 38 heavy (non-hydrogen) atoms. The van der Waals surface area contributed by atoms with Crippen LogP contribution in [0.25, 0.3) is 0 Å². The predicted molar refractivity (Wildman–Crippen MR) is 152 cm³/mol. The number of nitrogens with one attached hydrogen (secondary N) is 1. The third-order valence-corrected chi connectivity index (χ3v) is 14.2. The molecule has 216 valence electrons. The standard InChI is InChI=1S/C33H56N2O3/c1-21(36)22-11-16-33(28(38)34-19-20-35(7)8)18-17-31(5)23(27(22)33)9-10-25-30(4)14-13-26(37)29(2,3)24(30)12-15-32(25,31)6/h22-27,37H,9-20H2,1-8H3,(H,34,38)/t22-,23+,24-,25+,26-,27+,30-,31+,32+,33-/m0/s1. The van der Waals surface area contributed by atoms with Crippen LogP contribution in [0.3, 0.4) is 0 Å². The highest BCUT2D eigenvalue weighted by Gasteiger charge is 2.72. The van der Waals surface area contributed by atoms with E-state index < -0.39 is 0 Å². The van der Waals surface area contributed by atoms with Crippen molar-refractivity contribution >= 4 is 11.7 Å². The van der Waals surface area contributed by atoms with Gasteiger partial charge < -0.3 is 15.3 Å². The highest BCUT2D eigenvalue weighted by atomic mass is 16.3. The lowest BCUT2D eigenvalue weighted by molar-refractivity contribution is -0.246. The number of hydrogen-bond acceptors (Lipinski definition) is 4. The van der Waals surface area contributed by atoms with E-state index in [2.05, 4.69) is 44.8 Å². The number of aliphatic hydroxyl groups is 1. The fraction of sp³-hybridized carbons (Fsp3) is 0.939. The highest BCUT2D eigenvalue weighted by molar-refractivity contribution is 5.87. The predicted octanol–water partition coefficient (Wildman–Crippen LogP) is 5.70. The summed E-state index contributed by atoms with van der Waals surface area (Å²) in [6, 6.07) is 0. The SMILES string of the molecule is CC(=O)[C@@H]1CC[C@]2(C(=O)NCCN(C)C)CC[C@]3(C)[C@H](CC[C@@H]4[C@@]5(C)CC[C@H](O)C(C)(C)[C@@H]5CC[C@]43C)[C@@H]12. The van der Waals surface area contributed by atoms with Crippen molar-refractivity contribution < 1.29 is 14.7 Å². The Hall–Kier alpha value is -0.940. The Balaban J connectivity index is 1.50. The largest absolute Gasteiger partial charge is 0.393 e. The Morgan fingerprint density at radius 3 is 2.21 bits per heavy atom. The average molecular weight is 529 g/mol. The van der Waals surface area contributed by atoms with E-state index in [0.717, 1.165) is 51.5 Å². The third kappa shape index (κ3) is 3.76. The van der Waals surface area contributed by atoms with Gasteiger partial charge in [0.05, 0.1) is 11.5 Å². The Labute approximate surface area is 232 Å². The number of nitrogens with zero attached hydrogens (tertiary/aromatic N) is 1. The van der Waals surface area contributed by atoms with Gasteiger partial charge in [-0.15, -0.1) is 0 Å². The van der Waals surface area contributed by atoms with Crippen molar-refractivity contribution in [1.82, 2.24) is 10.2 Å². The molecule has 5 aliphatic rings. The maximum atomic E-state index is 14.0. The van der Waals surface area contributed by atoms with Gasteiger partial charge in [0, 0.05) is 19.0 Å². The van der Waals surface area contributed by atoms with Gasteiger partial charge in [-0.3, -0.25) is 9.59 Å². The van der Waals surface area contributed by atoms with E-state index in [1.165, 1.54) is 19.3 Å². The fourth-order valence-corrected chi connectivity index (χ4v) is 12.0. The monoisotopic (exact) mass is 528 g/mol. The molecule has 0 aromatic heterocycles. The molecule has 0 aromatic rings. The second kappa shape index (κ2) is 9.29. The van der Waals surface area contributed by atoms with Gasteiger partial charge in [-0.2, -0.15) is 0 Å². The number of fused-ring (bicyclic) bond motifs is 7. The van der Waals surface area contributed by atoms with Crippen LogP contribution in [-0.4, -0.2) is 55.0 Å². The molecule has 0 spiro atoms. The summed E-state index contributed by atoms with van der Waals surface area (Å²) in [4.78, 5) is 29.2. The first kappa shape index (κ1) is 28.6. The number of Topliss-reactive ketones (excluding diaryl/α,β-unsaturated/α-hetero) is 1. The number of amides is 1. The quantitative estimate of drug-likeness (QED) is 0.481. The van der Waals surface area contributed by atoms with Gasteiger partial charge in [0.1, 0.15) is 5.78 Å². The molecule has 2 N–H and O–H groups in total. The van der Waals surface area contributed by atoms with Gasteiger partial charge in [-0.1, -0.05) is 34.6 Å². The first-order valence-corrected chi connectivity index (χ1v) is 15.8. The molecule has 5 saturated carbocycles. The molecule has 0 saturated heterocycles. The molecule has 0 heterocycles. The summed E-state index contributed by atoms with van der Waals surface area (Å²) < 4.78 is 0. The van der Waals surface area contributed by atoms with E-state index in [4.69, 9.17) is 0 Å². The third-order valence-electron chi connectivity index (χ3n) is 14.2. The Bertz CT molecular complexity index is 962. The molecule has 0 unspecified atom stereocenters. The van der Waals surface area contributed by atoms with Crippen LogP contribution < -0.4 is 5.32 Å². The molecular formula is C33H56N2O3. The number of carbonyl (C=O) groups is 2. The van der Waals surface area contributed by atoms with E-state index in [9.17, 15) is 14.7 Å². The van der Waals surface area contributed by atoms with Gasteiger partial charge in [-0.05, 0) is 131 Å². The molecule has 5 aliphatic carbocycles. The summed E-state index contributed by atoms with van der Waals surface area (Å²) in [7, 11) is 4.09. The van der Waals surface area contributed by atoms with Crippen LogP contribution in [-0.2, 0) is 9.59 Å². The summed E-state index contributed by atoms with van der Waals surface area (Å²) in [5.41, 5.74) is 0.173. The number of aliphatic hydroxyl groups excluding tert-OH is 1. The zero-order chi connectivity index (χ0) is 27.9. The van der Waals surface area contributed by atoms with E-state index in [1.807, 2.05) is 14.1 Å². The molecule has 5 nitrogen and oxygen atoms in total. The van der Waals surface area contributed by atoms with Crippen molar-refractivity contribution in [3.63, 3.8) is 0 Å². The fourth-order valence-electron chi connectivity index (χ4n) is 12.0. The van der Waals surface area contributed by atoms with E-state index in [0.29, 0.717) is 30.1 Å². The lowest BCUT2D eigenvalue weighted by Gasteiger charge is -2.72. The summed E-state index contributed by atoms with van der Waals surface area (Å²) in [5, 5.41) is 14.3. The minimum Gasteiger partial charge on any atom is -0.393 e. The van der Waals surface area contributed by atoms with Gasteiger partial charge >= 0.3 is 0 Å². The lowest BCUT2D eigenvalue weighted by atomic mass is 9.32. The van der Waals surface area contributed by atoms with Crippen LogP contribution >= 0.6 is 0 Å². The number of hydrogen-bond donors (Lipinski definition) is 2. The molecule has 5 fully saturated rings. The number of rotatable bonds is 5. The molecule has 0 radical (unpaired) electrons. The number of likely N-dealkylation sites (N-methyl/N-ethyl adjacent to an activating group) is 1. The minimum atomic E-state index is -0.381. The van der Waals surface area contributed by atoms with E-state index >= 15 is 0 Å². The van der Waals surface area contributed by atoms with Crippen LogP contribution in [0.1, 0.15) is 106 Å². The van der Waals surface area contributed by atoms with Gasteiger partial charge in [-0.25, -0.2) is 0 Å². The maximum Gasteiger partial charge on any atom is 0.226 e. The normalized spacial score (nSPS) is 49.4. The van der Waals surface area contributed by atoms with Crippen molar-refractivity contribution in [1.29, 1.82) is 0 Å². The Morgan fingerprint density at radius 1 is 0.842 bits per heavy atom. The van der Waals surface area contributed by atoms with E-state index in [1.54, 1.807) is 6.92 Å². The second-order valence-corrected chi connectivity index (χ2v) is 16.0. The zero-order valence-corrected chi connectivity index (χ0v) is 25.7. The molecule has 5 rings (SSSR count). The van der Waals surface area contributed by atoms with Crippen molar-refractivity contribution in [2.45, 2.75) is 112 Å². The summed E-state index contributed by atoms with van der Waals surface area (Å²) in [6.07, 6.45) is 10.3. The van der Waals surface area contributed by atoms with Crippen molar-refractivity contribution in [2.75, 3.05) is 27.2 Å². The average Bonchev–Trinajstić information content (AvgIpc) is 3.23. The van der Waals surface area contributed by atoms with Gasteiger partial charge in [0.15, 0.2) is 0 Å². The van der Waals surface area contributed by atoms with Crippen molar-refractivity contribution in [2.24, 2.45) is 56.7 Å². The van der Waals surface area contributed by atoms with Gasteiger partial charge in [0.2, 0.25) is 5.91 Å². The van der Waals surface area contributed by atoms with Crippen molar-refractivity contribution in [3.8, 4) is 0 Å². The first-order chi connectivity index (χ1) is 17.6. The smallest absolute Gasteiger partial charge is 0.226 e. The van der Waals surface area contributed by atoms with Crippen LogP contribution in [0.2, 0.25) is 0 Å². The van der Waals surface area contributed by atoms with Crippen LogP contribution in [0.15, 0.2) is 0 Å².